The van der Waals surface area contributed by atoms with Crippen LogP contribution in [0.25, 0.3) is 0 Å². The van der Waals surface area contributed by atoms with Crippen LogP contribution in [0.4, 0.5) is 0 Å². The van der Waals surface area contributed by atoms with Gasteiger partial charge in [0.25, 0.3) is 0 Å². The number of carbonyl (C=O) groups is 1. The maximum atomic E-state index is 11.7. The topological polar surface area (TPSA) is 32.3 Å². The van der Waals surface area contributed by atoms with E-state index in [9.17, 15) is 4.79 Å². The Kier molecular flexibility index (Phi) is 3.92. The Morgan fingerprint density at radius 1 is 1.18 bits per heavy atom. The lowest BCUT2D eigenvalue weighted by Gasteiger charge is -2.34. The SMILES string of the molecule is CC1CN(NCc2ccccc2)CC(C)C1=O. The molecule has 3 heteroatoms. The molecule has 1 fully saturated rings. The van der Waals surface area contributed by atoms with E-state index in [1.165, 1.54) is 5.56 Å². The molecule has 0 spiro atoms. The molecule has 17 heavy (non-hydrogen) atoms. The largest absolute Gasteiger partial charge is 0.299 e. The minimum atomic E-state index is 0.141. The molecule has 1 saturated heterocycles. The van der Waals surface area contributed by atoms with Gasteiger partial charge in [0.1, 0.15) is 5.78 Å². The van der Waals surface area contributed by atoms with Crippen LogP contribution in [0.3, 0.4) is 0 Å². The summed E-state index contributed by atoms with van der Waals surface area (Å²) < 4.78 is 0. The van der Waals surface area contributed by atoms with Crippen LogP contribution < -0.4 is 5.43 Å². The molecule has 0 saturated carbocycles. The standard InChI is InChI=1S/C14H20N2O/c1-11-9-16(10-12(2)14(11)17)15-8-13-6-4-3-5-7-13/h3-7,11-12,15H,8-10H2,1-2H3. The van der Waals surface area contributed by atoms with Gasteiger partial charge in [0.2, 0.25) is 0 Å². The summed E-state index contributed by atoms with van der Waals surface area (Å²) in [6.45, 7) is 6.48. The van der Waals surface area contributed by atoms with Crippen molar-refractivity contribution in [3.05, 3.63) is 35.9 Å². The summed E-state index contributed by atoms with van der Waals surface area (Å²) in [6, 6.07) is 10.3. The molecule has 1 N–H and O–H groups in total. The summed E-state index contributed by atoms with van der Waals surface area (Å²) in [7, 11) is 0. The van der Waals surface area contributed by atoms with Crippen LogP contribution in [-0.2, 0) is 11.3 Å². The van der Waals surface area contributed by atoms with Gasteiger partial charge in [-0.15, -0.1) is 0 Å². The maximum absolute atomic E-state index is 11.7. The Morgan fingerprint density at radius 3 is 2.35 bits per heavy atom. The molecular weight excluding hydrogens is 212 g/mol. The molecular formula is C14H20N2O. The van der Waals surface area contributed by atoms with Gasteiger partial charge in [-0.2, -0.15) is 0 Å². The Morgan fingerprint density at radius 2 is 1.76 bits per heavy atom. The van der Waals surface area contributed by atoms with Crippen molar-refractivity contribution in [3.63, 3.8) is 0 Å². The number of rotatable bonds is 3. The van der Waals surface area contributed by atoms with E-state index in [2.05, 4.69) is 22.6 Å². The van der Waals surface area contributed by atoms with Gasteiger partial charge in [0.15, 0.2) is 0 Å². The van der Waals surface area contributed by atoms with Crippen molar-refractivity contribution in [3.8, 4) is 0 Å². The van der Waals surface area contributed by atoms with E-state index in [-0.39, 0.29) is 11.8 Å². The Balaban J connectivity index is 1.86. The number of nitrogens with zero attached hydrogens (tertiary/aromatic N) is 1. The van der Waals surface area contributed by atoms with Crippen molar-refractivity contribution in [2.45, 2.75) is 20.4 Å². The molecule has 0 aromatic heterocycles. The van der Waals surface area contributed by atoms with Gasteiger partial charge in [0.05, 0.1) is 0 Å². The van der Waals surface area contributed by atoms with E-state index in [0.717, 1.165) is 19.6 Å². The minimum absolute atomic E-state index is 0.141. The van der Waals surface area contributed by atoms with Crippen molar-refractivity contribution >= 4 is 5.78 Å². The van der Waals surface area contributed by atoms with Crippen LogP contribution in [0.2, 0.25) is 0 Å². The fourth-order valence-electron chi connectivity index (χ4n) is 2.33. The van der Waals surface area contributed by atoms with Gasteiger partial charge in [-0.3, -0.25) is 10.2 Å². The maximum Gasteiger partial charge on any atom is 0.141 e. The molecule has 0 bridgehead atoms. The van der Waals surface area contributed by atoms with E-state index >= 15 is 0 Å². The Hall–Kier alpha value is -1.19. The van der Waals surface area contributed by atoms with Gasteiger partial charge < -0.3 is 0 Å². The molecule has 0 amide bonds. The highest BCUT2D eigenvalue weighted by atomic mass is 16.1. The average Bonchev–Trinajstić information content (AvgIpc) is 2.34. The first kappa shape index (κ1) is 12.3. The molecule has 1 aliphatic heterocycles. The summed E-state index contributed by atoms with van der Waals surface area (Å²) >= 11 is 0. The number of hydrogen-bond donors (Lipinski definition) is 1. The first-order chi connectivity index (χ1) is 8.16. The fourth-order valence-corrected chi connectivity index (χ4v) is 2.33. The third-order valence-electron chi connectivity index (χ3n) is 3.31. The summed E-state index contributed by atoms with van der Waals surface area (Å²) in [5.41, 5.74) is 4.67. The summed E-state index contributed by atoms with van der Waals surface area (Å²) in [5, 5.41) is 2.17. The number of nitrogens with one attached hydrogen (secondary N) is 1. The predicted molar refractivity (Wildman–Crippen MR) is 68.2 cm³/mol. The van der Waals surface area contributed by atoms with E-state index in [1.54, 1.807) is 0 Å². The molecule has 1 aromatic rings. The first-order valence-corrected chi connectivity index (χ1v) is 6.23. The van der Waals surface area contributed by atoms with Crippen molar-refractivity contribution < 1.29 is 4.79 Å². The van der Waals surface area contributed by atoms with Crippen LogP contribution in [-0.4, -0.2) is 23.9 Å². The predicted octanol–water partition coefficient (Wildman–Crippen LogP) is 1.85. The average molecular weight is 232 g/mol. The van der Waals surface area contributed by atoms with Crippen molar-refractivity contribution in [2.75, 3.05) is 13.1 Å². The summed E-state index contributed by atoms with van der Waals surface area (Å²) in [6.07, 6.45) is 0. The lowest BCUT2D eigenvalue weighted by molar-refractivity contribution is -0.131. The lowest BCUT2D eigenvalue weighted by Crippen LogP contribution is -2.50. The number of ketones is 1. The fraction of sp³-hybridized carbons (Fsp3) is 0.500. The molecule has 1 aromatic carbocycles. The number of carbonyl (C=O) groups excluding carboxylic acids is 1. The van der Waals surface area contributed by atoms with Gasteiger partial charge in [-0.25, -0.2) is 5.01 Å². The van der Waals surface area contributed by atoms with Gasteiger partial charge in [-0.1, -0.05) is 44.2 Å². The van der Waals surface area contributed by atoms with Crippen molar-refractivity contribution in [2.24, 2.45) is 11.8 Å². The van der Waals surface area contributed by atoms with E-state index in [0.29, 0.717) is 5.78 Å². The second-order valence-electron chi connectivity index (χ2n) is 4.93. The summed E-state index contributed by atoms with van der Waals surface area (Å²) in [4.78, 5) is 11.7. The van der Waals surface area contributed by atoms with Crippen molar-refractivity contribution in [1.82, 2.24) is 10.4 Å². The van der Waals surface area contributed by atoms with Gasteiger partial charge in [0, 0.05) is 31.5 Å². The van der Waals surface area contributed by atoms with Gasteiger partial charge >= 0.3 is 0 Å². The number of Topliss-reactive ketones (excluding diaryl/α,β-unsaturated/α-hetero) is 1. The first-order valence-electron chi connectivity index (χ1n) is 6.23. The molecule has 1 heterocycles. The normalized spacial score (nSPS) is 26.1. The molecule has 1 aliphatic rings. The Bertz CT molecular complexity index is 363. The lowest BCUT2D eigenvalue weighted by atomic mass is 9.91. The van der Waals surface area contributed by atoms with E-state index < -0.39 is 0 Å². The second kappa shape index (κ2) is 5.43. The minimum Gasteiger partial charge on any atom is -0.299 e. The smallest absolute Gasteiger partial charge is 0.141 e. The Labute approximate surface area is 103 Å². The van der Waals surface area contributed by atoms with E-state index in [1.807, 2.05) is 32.0 Å². The third-order valence-corrected chi connectivity index (χ3v) is 3.31. The molecule has 3 nitrogen and oxygen atoms in total. The van der Waals surface area contributed by atoms with Crippen LogP contribution in [0.5, 0.6) is 0 Å². The molecule has 2 unspecified atom stereocenters. The molecule has 2 rings (SSSR count). The zero-order valence-corrected chi connectivity index (χ0v) is 10.5. The number of benzene rings is 1. The van der Waals surface area contributed by atoms with Crippen LogP contribution in [0.1, 0.15) is 19.4 Å². The highest BCUT2D eigenvalue weighted by Gasteiger charge is 2.29. The van der Waals surface area contributed by atoms with E-state index in [4.69, 9.17) is 0 Å². The molecule has 0 aliphatic carbocycles. The van der Waals surface area contributed by atoms with Crippen LogP contribution in [0, 0.1) is 11.8 Å². The molecule has 2 atom stereocenters. The quantitative estimate of drug-likeness (QED) is 0.863. The monoisotopic (exact) mass is 232 g/mol. The highest BCUT2D eigenvalue weighted by molar-refractivity contribution is 5.83. The molecule has 0 radical (unpaired) electrons. The van der Waals surface area contributed by atoms with Crippen molar-refractivity contribution in [1.29, 1.82) is 0 Å². The summed E-state index contributed by atoms with van der Waals surface area (Å²) in [5.74, 6) is 0.673. The second-order valence-corrected chi connectivity index (χ2v) is 4.93. The molecule has 92 valence electrons. The van der Waals surface area contributed by atoms with Crippen LogP contribution >= 0.6 is 0 Å². The van der Waals surface area contributed by atoms with Crippen LogP contribution in [0.15, 0.2) is 30.3 Å². The zero-order chi connectivity index (χ0) is 12.3. The number of hydrazine groups is 1. The number of hydrogen-bond acceptors (Lipinski definition) is 3. The number of piperidine rings is 1. The highest BCUT2D eigenvalue weighted by Crippen LogP contribution is 2.16. The zero-order valence-electron chi connectivity index (χ0n) is 10.5. The third kappa shape index (κ3) is 3.14. The van der Waals surface area contributed by atoms with Gasteiger partial charge in [-0.05, 0) is 5.56 Å².